The number of benzene rings is 1. The van der Waals surface area contributed by atoms with Crippen LogP contribution in [0.25, 0.3) is 10.2 Å². The molecule has 1 aliphatic heterocycles. The second kappa shape index (κ2) is 7.84. The van der Waals surface area contributed by atoms with Gasteiger partial charge in [0.15, 0.2) is 5.13 Å². The number of nitrogens with one attached hydrogen (secondary N) is 1. The molecule has 146 valence electrons. The largest absolute Gasteiger partial charge is 0.465 e. The molecule has 6 nitrogen and oxygen atoms in total. The van der Waals surface area contributed by atoms with Crippen LogP contribution < -0.4 is 10.2 Å². The Labute approximate surface area is 168 Å². The van der Waals surface area contributed by atoms with Crippen molar-refractivity contribution in [3.63, 3.8) is 0 Å². The minimum absolute atomic E-state index is 0.135. The fourth-order valence-electron chi connectivity index (χ4n) is 3.29. The molecule has 1 amide bonds. The van der Waals surface area contributed by atoms with Crippen LogP contribution in [-0.2, 0) is 9.53 Å². The zero-order valence-electron chi connectivity index (χ0n) is 15.1. The van der Waals surface area contributed by atoms with Crippen molar-refractivity contribution < 1.29 is 18.7 Å². The van der Waals surface area contributed by atoms with Gasteiger partial charge in [-0.25, -0.2) is 14.2 Å². The van der Waals surface area contributed by atoms with Crippen LogP contribution in [0.5, 0.6) is 0 Å². The number of halogens is 1. The highest BCUT2D eigenvalue weighted by atomic mass is 32.1. The molecule has 1 aromatic carbocycles. The van der Waals surface area contributed by atoms with Crippen molar-refractivity contribution in [1.29, 1.82) is 0 Å². The van der Waals surface area contributed by atoms with Crippen molar-refractivity contribution >= 4 is 54.9 Å². The average Bonchev–Trinajstić information content (AvgIpc) is 3.35. The summed E-state index contributed by atoms with van der Waals surface area (Å²) in [6.45, 7) is 1.28. The number of esters is 1. The third-order valence-electron chi connectivity index (χ3n) is 4.73. The summed E-state index contributed by atoms with van der Waals surface area (Å²) >= 11 is 2.72. The molecule has 1 N–H and O–H groups in total. The third kappa shape index (κ3) is 3.59. The molecule has 0 radical (unpaired) electrons. The highest BCUT2D eigenvalue weighted by molar-refractivity contribution is 7.22. The van der Waals surface area contributed by atoms with Gasteiger partial charge in [-0.3, -0.25) is 4.79 Å². The minimum Gasteiger partial charge on any atom is -0.465 e. The first-order valence-electron chi connectivity index (χ1n) is 8.83. The van der Waals surface area contributed by atoms with Crippen LogP contribution in [0.2, 0.25) is 0 Å². The molecular formula is C19H18FN3O3S2. The molecule has 3 aromatic rings. The fourth-order valence-corrected chi connectivity index (χ4v) is 5.09. The Bertz CT molecular complexity index is 1030. The van der Waals surface area contributed by atoms with E-state index in [2.05, 4.69) is 10.3 Å². The summed E-state index contributed by atoms with van der Waals surface area (Å²) in [5.74, 6) is -1.18. The van der Waals surface area contributed by atoms with E-state index in [4.69, 9.17) is 4.74 Å². The normalized spacial score (nSPS) is 16.9. The SMILES string of the molecule is COC(=O)c1ccsc1NC(=O)C1CCCN(c2nc3c(F)cccc3s2)C1. The second-order valence-corrected chi connectivity index (χ2v) is 8.44. The Hall–Kier alpha value is -2.52. The third-order valence-corrected chi connectivity index (χ3v) is 6.64. The number of aromatic nitrogens is 1. The number of carbonyl (C=O) groups is 2. The molecule has 0 bridgehead atoms. The Balaban J connectivity index is 1.49. The maximum atomic E-state index is 13.9. The maximum Gasteiger partial charge on any atom is 0.340 e. The average molecular weight is 420 g/mol. The Morgan fingerprint density at radius 3 is 3.00 bits per heavy atom. The number of amides is 1. The molecule has 2 aromatic heterocycles. The first-order valence-corrected chi connectivity index (χ1v) is 10.5. The predicted molar refractivity (Wildman–Crippen MR) is 109 cm³/mol. The van der Waals surface area contributed by atoms with Crippen molar-refractivity contribution in [2.24, 2.45) is 5.92 Å². The van der Waals surface area contributed by atoms with Gasteiger partial charge < -0.3 is 15.0 Å². The highest BCUT2D eigenvalue weighted by Crippen LogP contribution is 2.33. The standard InChI is InChI=1S/C19H18FN3O3S2/c1-26-18(25)12-7-9-27-17(12)22-16(24)11-4-3-8-23(10-11)19-21-15-13(20)5-2-6-14(15)28-19/h2,5-7,9,11H,3-4,8,10H2,1H3,(H,22,24). The molecule has 1 aliphatic rings. The summed E-state index contributed by atoms with van der Waals surface area (Å²) < 4.78 is 19.5. The number of carbonyl (C=O) groups excluding carboxylic acids is 2. The van der Waals surface area contributed by atoms with Crippen LogP contribution in [0.3, 0.4) is 0 Å². The molecule has 1 fully saturated rings. The van der Waals surface area contributed by atoms with E-state index in [1.807, 2.05) is 11.0 Å². The van der Waals surface area contributed by atoms with Gasteiger partial charge in [-0.05, 0) is 36.4 Å². The first-order chi connectivity index (χ1) is 13.6. The van der Waals surface area contributed by atoms with Crippen molar-refractivity contribution in [2.45, 2.75) is 12.8 Å². The van der Waals surface area contributed by atoms with Crippen LogP contribution in [0.15, 0.2) is 29.6 Å². The summed E-state index contributed by atoms with van der Waals surface area (Å²) in [5.41, 5.74) is 0.727. The van der Waals surface area contributed by atoms with E-state index in [-0.39, 0.29) is 17.6 Å². The van der Waals surface area contributed by atoms with Gasteiger partial charge in [-0.2, -0.15) is 0 Å². The van der Waals surface area contributed by atoms with Crippen molar-refractivity contribution in [3.05, 3.63) is 41.0 Å². The Morgan fingerprint density at radius 1 is 1.36 bits per heavy atom. The van der Waals surface area contributed by atoms with Crippen LogP contribution >= 0.6 is 22.7 Å². The number of para-hydroxylation sites is 1. The van der Waals surface area contributed by atoms with E-state index >= 15 is 0 Å². The van der Waals surface area contributed by atoms with Crippen LogP contribution in [0.1, 0.15) is 23.2 Å². The van der Waals surface area contributed by atoms with Crippen molar-refractivity contribution in [2.75, 3.05) is 30.4 Å². The molecular weight excluding hydrogens is 401 g/mol. The number of fused-ring (bicyclic) bond motifs is 1. The molecule has 3 heterocycles. The highest BCUT2D eigenvalue weighted by Gasteiger charge is 2.29. The Morgan fingerprint density at radius 2 is 2.21 bits per heavy atom. The lowest BCUT2D eigenvalue weighted by Crippen LogP contribution is -2.40. The van der Waals surface area contributed by atoms with E-state index in [9.17, 15) is 14.0 Å². The van der Waals surface area contributed by atoms with E-state index in [0.717, 1.165) is 29.2 Å². The fraction of sp³-hybridized carbons (Fsp3) is 0.316. The molecule has 0 aliphatic carbocycles. The zero-order chi connectivity index (χ0) is 19.7. The number of thiazole rings is 1. The van der Waals surface area contributed by atoms with Gasteiger partial charge in [0.1, 0.15) is 16.3 Å². The number of hydrogen-bond acceptors (Lipinski definition) is 7. The zero-order valence-corrected chi connectivity index (χ0v) is 16.7. The summed E-state index contributed by atoms with van der Waals surface area (Å²) in [7, 11) is 1.31. The lowest BCUT2D eigenvalue weighted by Gasteiger charge is -2.31. The van der Waals surface area contributed by atoms with Gasteiger partial charge >= 0.3 is 5.97 Å². The first kappa shape index (κ1) is 18.8. The summed E-state index contributed by atoms with van der Waals surface area (Å²) in [4.78, 5) is 31.0. The number of rotatable bonds is 4. The van der Waals surface area contributed by atoms with E-state index in [1.165, 1.54) is 35.8 Å². The molecule has 4 rings (SSSR count). The number of ether oxygens (including phenoxy) is 1. The molecule has 1 atom stereocenters. The number of nitrogens with zero attached hydrogens (tertiary/aromatic N) is 2. The quantitative estimate of drug-likeness (QED) is 0.644. The monoisotopic (exact) mass is 419 g/mol. The maximum absolute atomic E-state index is 13.9. The molecule has 0 saturated carbocycles. The molecule has 1 unspecified atom stereocenters. The molecule has 1 saturated heterocycles. The van der Waals surface area contributed by atoms with Gasteiger partial charge in [0.2, 0.25) is 5.91 Å². The minimum atomic E-state index is -0.474. The number of anilines is 2. The molecule has 9 heteroatoms. The van der Waals surface area contributed by atoms with E-state index in [0.29, 0.717) is 22.6 Å². The van der Waals surface area contributed by atoms with Crippen LogP contribution in [0, 0.1) is 11.7 Å². The summed E-state index contributed by atoms with van der Waals surface area (Å²) in [6.07, 6.45) is 1.59. The predicted octanol–water partition coefficient (Wildman–Crippen LogP) is 4.14. The number of thiophene rings is 1. The number of methoxy groups -OCH3 is 1. The summed E-state index contributed by atoms with van der Waals surface area (Å²) in [6, 6.07) is 6.55. The summed E-state index contributed by atoms with van der Waals surface area (Å²) in [5, 5.41) is 5.82. The van der Waals surface area contributed by atoms with Crippen molar-refractivity contribution in [3.8, 4) is 0 Å². The lowest BCUT2D eigenvalue weighted by atomic mass is 9.97. The molecule has 0 spiro atoms. The number of hydrogen-bond donors (Lipinski definition) is 1. The molecule has 28 heavy (non-hydrogen) atoms. The van der Waals surface area contributed by atoms with Crippen LogP contribution in [0.4, 0.5) is 14.5 Å². The smallest absolute Gasteiger partial charge is 0.340 e. The lowest BCUT2D eigenvalue weighted by molar-refractivity contribution is -0.120. The number of piperidine rings is 1. The topological polar surface area (TPSA) is 71.5 Å². The van der Waals surface area contributed by atoms with E-state index in [1.54, 1.807) is 17.5 Å². The Kier molecular flexibility index (Phi) is 5.27. The second-order valence-electron chi connectivity index (χ2n) is 6.51. The van der Waals surface area contributed by atoms with Gasteiger partial charge in [0.05, 0.1) is 23.3 Å². The van der Waals surface area contributed by atoms with Gasteiger partial charge in [0.25, 0.3) is 0 Å². The van der Waals surface area contributed by atoms with Gasteiger partial charge in [0, 0.05) is 13.1 Å². The van der Waals surface area contributed by atoms with E-state index < -0.39 is 5.97 Å². The van der Waals surface area contributed by atoms with Crippen LogP contribution in [-0.4, -0.2) is 37.1 Å². The van der Waals surface area contributed by atoms with Gasteiger partial charge in [-0.15, -0.1) is 11.3 Å². The van der Waals surface area contributed by atoms with Gasteiger partial charge in [-0.1, -0.05) is 17.4 Å². The van der Waals surface area contributed by atoms with Crippen molar-refractivity contribution in [1.82, 2.24) is 4.98 Å².